The van der Waals surface area contributed by atoms with Gasteiger partial charge in [-0.05, 0) is 113 Å². The molecule has 0 amide bonds. The highest BCUT2D eigenvalue weighted by Crippen LogP contribution is 2.50. The number of fused-ring (bicyclic) bond motifs is 10. The van der Waals surface area contributed by atoms with E-state index in [2.05, 4.69) is 130 Å². The minimum atomic E-state index is 0.0926. The van der Waals surface area contributed by atoms with Crippen molar-refractivity contribution in [3.05, 3.63) is 113 Å². The molecule has 0 saturated heterocycles. The van der Waals surface area contributed by atoms with Crippen LogP contribution in [-0.2, 0) is 10.8 Å². The Kier molecular flexibility index (Phi) is 5.72. The number of hydrogen-bond donors (Lipinski definition) is 1. The third-order valence-corrected chi connectivity index (χ3v) is 11.7. The molecule has 5 heteroatoms. The Labute approximate surface area is 287 Å². The minimum absolute atomic E-state index is 0.0926. The summed E-state index contributed by atoms with van der Waals surface area (Å²) in [7, 11) is 0.712. The minimum Gasteiger partial charge on any atom is -0.469 e. The van der Waals surface area contributed by atoms with E-state index in [9.17, 15) is 0 Å². The van der Waals surface area contributed by atoms with Gasteiger partial charge in [-0.3, -0.25) is 0 Å². The van der Waals surface area contributed by atoms with Crippen LogP contribution < -0.4 is 16.0 Å². The molecule has 4 heterocycles. The molecule has 1 aliphatic heterocycles. The van der Waals surface area contributed by atoms with Gasteiger partial charge in [-0.15, -0.1) is 0 Å². The van der Waals surface area contributed by atoms with E-state index in [1.165, 1.54) is 63.1 Å². The van der Waals surface area contributed by atoms with Crippen molar-refractivity contribution < 1.29 is 8.83 Å². The number of furan rings is 2. The topological polar surface area (TPSA) is 45.3 Å². The average Bonchev–Trinajstić information content (AvgIpc) is 3.75. The summed E-state index contributed by atoms with van der Waals surface area (Å²) in [6, 6.07) is 33.1. The van der Waals surface area contributed by atoms with Crippen molar-refractivity contribution in [2.45, 2.75) is 65.2 Å². The lowest BCUT2D eigenvalue weighted by Crippen LogP contribution is -2.40. The number of rotatable bonds is 2. The van der Waals surface area contributed by atoms with Crippen LogP contribution in [0.4, 0.5) is 17.1 Å². The predicted octanol–water partition coefficient (Wildman–Crippen LogP) is 10.6. The number of aromatic nitrogens is 1. The van der Waals surface area contributed by atoms with Crippen molar-refractivity contribution in [3.63, 3.8) is 0 Å². The zero-order valence-electron chi connectivity index (χ0n) is 29.0. The molecular weight excluding hydrogens is 599 g/mol. The number of benzene rings is 5. The van der Waals surface area contributed by atoms with Gasteiger partial charge in [0.1, 0.15) is 11.2 Å². The molecule has 0 unspecified atom stereocenters. The largest absolute Gasteiger partial charge is 0.469 e. The van der Waals surface area contributed by atoms with Crippen molar-refractivity contribution in [2.24, 2.45) is 0 Å². The van der Waals surface area contributed by atoms with E-state index >= 15 is 0 Å². The van der Waals surface area contributed by atoms with Crippen molar-refractivity contribution in [2.75, 3.05) is 4.90 Å². The smallest absolute Gasteiger partial charge is 0.244 e. The fourth-order valence-electron chi connectivity index (χ4n) is 8.94. The summed E-state index contributed by atoms with van der Waals surface area (Å²) in [6.45, 7) is 14.2. The average molecular weight is 639 g/mol. The first kappa shape index (κ1) is 28.8. The number of H-pyrrole nitrogens is 1. The fraction of sp³-hybridized carbons (Fsp3) is 0.227. The van der Waals surface area contributed by atoms with Crippen molar-refractivity contribution in [3.8, 4) is 11.1 Å². The van der Waals surface area contributed by atoms with Crippen LogP contribution in [0.15, 0.2) is 99.8 Å². The summed E-state index contributed by atoms with van der Waals surface area (Å²) in [5.74, 6) is 0. The molecular formula is C44H39BN2O2. The number of aromatic amines is 1. The maximum Gasteiger partial charge on any atom is 0.244 e. The molecule has 8 aromatic rings. The van der Waals surface area contributed by atoms with Gasteiger partial charge in [0, 0.05) is 33.1 Å². The predicted molar refractivity (Wildman–Crippen MR) is 207 cm³/mol. The van der Waals surface area contributed by atoms with Crippen LogP contribution in [0.1, 0.15) is 62.8 Å². The number of anilines is 3. The van der Waals surface area contributed by atoms with Gasteiger partial charge in [0.05, 0.1) is 22.4 Å². The Morgan fingerprint density at radius 2 is 1.33 bits per heavy atom. The first-order valence-electron chi connectivity index (χ1n) is 17.6. The van der Waals surface area contributed by atoms with E-state index in [1.807, 2.05) is 12.1 Å². The molecule has 0 saturated carbocycles. The van der Waals surface area contributed by atoms with Crippen LogP contribution in [0.2, 0.25) is 0 Å². The van der Waals surface area contributed by atoms with E-state index in [1.54, 1.807) is 0 Å². The Bertz CT molecular complexity index is 2680. The molecule has 240 valence electrons. The molecule has 3 aromatic heterocycles. The second-order valence-corrected chi connectivity index (χ2v) is 15.8. The molecule has 49 heavy (non-hydrogen) atoms. The number of aryl methyl sites for hydroxylation is 2. The standard InChI is InChI=1S/C44H39BN2O2/c1-24-20-30(26-14-11-15-29-38(26)46-39-27-12-7-9-16-35(27)48-41(29)39)37-34(21-24)47(40-28-13-8-10-17-36(28)49-42(40)45-37)33-23-32-31(22-25(33)2)43(3,4)18-19-44(32,5)6/h7-17,20-23,45-46H,18-19H2,1-6H3. The maximum absolute atomic E-state index is 6.75. The van der Waals surface area contributed by atoms with Crippen LogP contribution in [-0.4, -0.2) is 12.3 Å². The zero-order chi connectivity index (χ0) is 33.4. The summed E-state index contributed by atoms with van der Waals surface area (Å²) in [5, 5.41) is 3.37. The molecule has 4 nitrogen and oxygen atoms in total. The summed E-state index contributed by atoms with van der Waals surface area (Å²) in [6.07, 6.45) is 2.37. The van der Waals surface area contributed by atoms with Crippen LogP contribution in [0.3, 0.4) is 0 Å². The number of nitrogens with zero attached hydrogens (tertiary/aromatic N) is 1. The number of hydrogen-bond acceptors (Lipinski definition) is 3. The molecule has 1 N–H and O–H groups in total. The quantitative estimate of drug-likeness (QED) is 0.192. The third-order valence-electron chi connectivity index (χ3n) is 11.7. The lowest BCUT2D eigenvalue weighted by molar-refractivity contribution is 0.332. The van der Waals surface area contributed by atoms with E-state index in [0.717, 1.165) is 55.3 Å². The van der Waals surface area contributed by atoms with Crippen molar-refractivity contribution in [1.82, 2.24) is 4.98 Å². The van der Waals surface area contributed by atoms with Crippen molar-refractivity contribution in [1.29, 1.82) is 0 Å². The fourth-order valence-corrected chi connectivity index (χ4v) is 8.94. The summed E-state index contributed by atoms with van der Waals surface area (Å²) in [4.78, 5) is 6.33. The van der Waals surface area contributed by atoms with E-state index in [4.69, 9.17) is 8.83 Å². The molecule has 0 bridgehead atoms. The normalized spacial score (nSPS) is 16.2. The molecule has 0 fully saturated rings. The molecule has 1 aliphatic carbocycles. The molecule has 0 atom stereocenters. The van der Waals surface area contributed by atoms with Crippen LogP contribution in [0.25, 0.3) is 55.1 Å². The highest BCUT2D eigenvalue weighted by molar-refractivity contribution is 6.72. The van der Waals surface area contributed by atoms with E-state index in [-0.39, 0.29) is 10.8 Å². The van der Waals surface area contributed by atoms with Gasteiger partial charge >= 0.3 is 0 Å². The van der Waals surface area contributed by atoms with Gasteiger partial charge in [0.25, 0.3) is 0 Å². The summed E-state index contributed by atoms with van der Waals surface area (Å²) < 4.78 is 13.2. The van der Waals surface area contributed by atoms with Gasteiger partial charge in [-0.2, -0.15) is 0 Å². The summed E-state index contributed by atoms with van der Waals surface area (Å²) >= 11 is 0. The second-order valence-electron chi connectivity index (χ2n) is 15.8. The first-order valence-corrected chi connectivity index (χ1v) is 17.6. The van der Waals surface area contributed by atoms with Gasteiger partial charge in [-0.25, -0.2) is 0 Å². The van der Waals surface area contributed by atoms with Gasteiger partial charge in [0.2, 0.25) is 7.28 Å². The molecule has 2 aliphatic rings. The van der Waals surface area contributed by atoms with Gasteiger partial charge in [-0.1, -0.05) is 76.2 Å². The monoisotopic (exact) mass is 638 g/mol. The van der Waals surface area contributed by atoms with Crippen LogP contribution >= 0.6 is 0 Å². The zero-order valence-corrected chi connectivity index (χ0v) is 29.0. The summed E-state index contributed by atoms with van der Waals surface area (Å²) in [5.41, 5.74) is 18.9. The van der Waals surface area contributed by atoms with Crippen LogP contribution in [0, 0.1) is 13.8 Å². The lowest BCUT2D eigenvalue weighted by atomic mass is 9.60. The SMILES string of the molecule is Cc1cc(-c2cccc3c2[nH]c2c4ccccc4oc32)c2c(c1)N(c1cc3c(cc1C)C(C)(C)CCC3(C)C)c1c(oc3ccccc13)B2. The van der Waals surface area contributed by atoms with Crippen molar-refractivity contribution >= 4 is 79.4 Å². The lowest BCUT2D eigenvalue weighted by Gasteiger charge is -2.43. The molecule has 5 aromatic carbocycles. The Balaban J connectivity index is 1.26. The van der Waals surface area contributed by atoms with E-state index in [0.29, 0.717) is 7.28 Å². The second kappa shape index (κ2) is 9.72. The maximum atomic E-state index is 6.75. The van der Waals surface area contributed by atoms with Crippen LogP contribution in [0.5, 0.6) is 0 Å². The first-order chi connectivity index (χ1) is 23.6. The third kappa shape index (κ3) is 3.99. The van der Waals surface area contributed by atoms with Gasteiger partial charge in [0.15, 0.2) is 5.58 Å². The highest BCUT2D eigenvalue weighted by atomic mass is 16.3. The van der Waals surface area contributed by atoms with E-state index < -0.39 is 0 Å². The molecule has 10 rings (SSSR count). The number of nitrogens with one attached hydrogen (secondary N) is 1. The number of para-hydroxylation sites is 3. The Morgan fingerprint density at radius 1 is 0.653 bits per heavy atom. The molecule has 0 spiro atoms. The Morgan fingerprint density at radius 3 is 2.10 bits per heavy atom. The van der Waals surface area contributed by atoms with Gasteiger partial charge < -0.3 is 18.7 Å². The Hall–Kier alpha value is -5.16. The molecule has 0 radical (unpaired) electrons. The highest BCUT2D eigenvalue weighted by Gasteiger charge is 2.39.